The first-order valence-corrected chi connectivity index (χ1v) is 24.7. The number of hydrogen-bond acceptors (Lipinski definition) is 5. The number of esters is 1. The van der Waals surface area contributed by atoms with E-state index < -0.39 is 18.2 Å². The van der Waals surface area contributed by atoms with Gasteiger partial charge in [-0.1, -0.05) is 224 Å². The number of nitrogens with one attached hydrogen (secondary N) is 1. The molecule has 0 aliphatic carbocycles. The van der Waals surface area contributed by atoms with E-state index in [0.717, 1.165) is 70.6 Å². The molecule has 0 aromatic carbocycles. The highest BCUT2D eigenvalue weighted by atomic mass is 16.5. The molecule has 3 unspecified atom stereocenters. The van der Waals surface area contributed by atoms with Gasteiger partial charge < -0.3 is 20.3 Å². The predicted molar refractivity (Wildman–Crippen MR) is 246 cm³/mol. The zero-order valence-corrected chi connectivity index (χ0v) is 38.0. The van der Waals surface area contributed by atoms with Crippen LogP contribution in [0.25, 0.3) is 0 Å². The summed E-state index contributed by atoms with van der Waals surface area (Å²) < 4.78 is 5.91. The van der Waals surface area contributed by atoms with Crippen LogP contribution in [-0.2, 0) is 14.3 Å². The van der Waals surface area contributed by atoms with E-state index in [1.807, 2.05) is 0 Å². The summed E-state index contributed by atoms with van der Waals surface area (Å²) in [6.45, 7) is 6.44. The SMILES string of the molecule is CCCCCCC/C=C/C=C/C=C/CCCCCCCC(=O)OC(CCCCCCCCCCCC)CC(=O)NC(CO)C(O)CCCCCCCCCCCC. The number of unbranched alkanes of at least 4 members (excludes halogenated alkanes) is 28. The molecule has 0 fully saturated rings. The van der Waals surface area contributed by atoms with Gasteiger partial charge in [0.15, 0.2) is 0 Å². The van der Waals surface area contributed by atoms with Crippen LogP contribution >= 0.6 is 0 Å². The first kappa shape index (κ1) is 55.1. The number of ether oxygens (including phenoxy) is 1. The molecule has 0 aromatic rings. The molecule has 0 heterocycles. The molecular weight excluding hydrogens is 707 g/mol. The summed E-state index contributed by atoms with van der Waals surface area (Å²) in [5.74, 6) is -0.491. The second kappa shape index (κ2) is 45.2. The lowest BCUT2D eigenvalue weighted by Crippen LogP contribution is -2.46. The fourth-order valence-electron chi connectivity index (χ4n) is 7.49. The van der Waals surface area contributed by atoms with Crippen LogP contribution in [0.4, 0.5) is 0 Å². The van der Waals surface area contributed by atoms with Crippen molar-refractivity contribution in [3.05, 3.63) is 36.5 Å². The highest BCUT2D eigenvalue weighted by Gasteiger charge is 2.24. The van der Waals surface area contributed by atoms with Crippen molar-refractivity contribution >= 4 is 11.9 Å². The first-order valence-electron chi connectivity index (χ1n) is 24.7. The van der Waals surface area contributed by atoms with Gasteiger partial charge in [0, 0.05) is 6.42 Å². The van der Waals surface area contributed by atoms with Gasteiger partial charge in [0.05, 0.1) is 25.2 Å². The second-order valence-electron chi connectivity index (χ2n) is 16.9. The molecule has 0 aliphatic rings. The number of aliphatic hydroxyl groups is 2. The van der Waals surface area contributed by atoms with E-state index in [4.69, 9.17) is 4.74 Å². The van der Waals surface area contributed by atoms with Crippen LogP contribution in [0.5, 0.6) is 0 Å². The van der Waals surface area contributed by atoms with Crippen molar-refractivity contribution in [3.8, 4) is 0 Å². The third-order valence-electron chi connectivity index (χ3n) is 11.3. The van der Waals surface area contributed by atoms with Crippen molar-refractivity contribution in [2.24, 2.45) is 0 Å². The average Bonchev–Trinajstić information content (AvgIpc) is 3.20. The molecule has 0 aromatic heterocycles. The van der Waals surface area contributed by atoms with Crippen molar-refractivity contribution in [2.75, 3.05) is 6.61 Å². The quantitative estimate of drug-likeness (QED) is 0.0324. The molecule has 0 saturated carbocycles. The number of allylic oxidation sites excluding steroid dienone is 6. The van der Waals surface area contributed by atoms with E-state index in [1.54, 1.807) is 0 Å². The van der Waals surface area contributed by atoms with Gasteiger partial charge in [-0.2, -0.15) is 0 Å². The molecule has 0 aliphatic heterocycles. The summed E-state index contributed by atoms with van der Waals surface area (Å²) in [7, 11) is 0. The highest BCUT2D eigenvalue weighted by Crippen LogP contribution is 2.18. The van der Waals surface area contributed by atoms with E-state index in [0.29, 0.717) is 19.3 Å². The Morgan fingerprint density at radius 3 is 1.33 bits per heavy atom. The van der Waals surface area contributed by atoms with E-state index in [1.165, 1.54) is 135 Å². The maximum absolute atomic E-state index is 13.1. The van der Waals surface area contributed by atoms with E-state index >= 15 is 0 Å². The number of hydrogen-bond donors (Lipinski definition) is 3. The third kappa shape index (κ3) is 40.6. The largest absolute Gasteiger partial charge is 0.462 e. The standard InChI is InChI=1S/C51H95NO5/c1-4-7-10-13-16-19-22-23-24-25-26-27-28-29-32-35-38-41-44-51(56)57-47(42-39-36-33-30-20-17-14-11-8-5-2)45-50(55)52-48(46-53)49(54)43-40-37-34-31-21-18-15-12-9-6-3/h22-27,47-49,53-54H,4-21,28-46H2,1-3H3,(H,52,55)/b23-22+,25-24+,27-26+. The Balaban J connectivity index is 4.53. The van der Waals surface area contributed by atoms with Crippen molar-refractivity contribution in [3.63, 3.8) is 0 Å². The third-order valence-corrected chi connectivity index (χ3v) is 11.3. The number of amides is 1. The smallest absolute Gasteiger partial charge is 0.306 e. The predicted octanol–water partition coefficient (Wildman–Crippen LogP) is 14.5. The highest BCUT2D eigenvalue weighted by molar-refractivity contribution is 5.77. The normalized spacial score (nSPS) is 13.6. The monoisotopic (exact) mass is 802 g/mol. The summed E-state index contributed by atoms with van der Waals surface area (Å²) in [5, 5.41) is 23.6. The van der Waals surface area contributed by atoms with Crippen LogP contribution in [0.3, 0.4) is 0 Å². The average molecular weight is 802 g/mol. The van der Waals surface area contributed by atoms with Crippen LogP contribution in [0.15, 0.2) is 36.5 Å². The zero-order valence-electron chi connectivity index (χ0n) is 38.0. The molecule has 3 atom stereocenters. The van der Waals surface area contributed by atoms with Crippen molar-refractivity contribution in [2.45, 2.75) is 270 Å². The lowest BCUT2D eigenvalue weighted by molar-refractivity contribution is -0.151. The maximum atomic E-state index is 13.1. The number of rotatable bonds is 44. The Morgan fingerprint density at radius 1 is 0.509 bits per heavy atom. The zero-order chi connectivity index (χ0) is 41.7. The van der Waals surface area contributed by atoms with Gasteiger partial charge in [0.25, 0.3) is 0 Å². The molecule has 0 radical (unpaired) electrons. The fraction of sp³-hybridized carbons (Fsp3) is 0.843. The van der Waals surface area contributed by atoms with Gasteiger partial charge in [-0.05, 0) is 51.4 Å². The molecule has 0 rings (SSSR count). The van der Waals surface area contributed by atoms with Gasteiger partial charge in [-0.3, -0.25) is 9.59 Å². The van der Waals surface area contributed by atoms with Crippen molar-refractivity contribution < 1.29 is 24.5 Å². The fourth-order valence-corrected chi connectivity index (χ4v) is 7.49. The van der Waals surface area contributed by atoms with Gasteiger partial charge in [0.1, 0.15) is 6.10 Å². The second-order valence-corrected chi connectivity index (χ2v) is 16.9. The minimum absolute atomic E-state index is 0.0722. The lowest BCUT2D eigenvalue weighted by atomic mass is 10.0. The van der Waals surface area contributed by atoms with Gasteiger partial charge >= 0.3 is 5.97 Å². The van der Waals surface area contributed by atoms with Crippen molar-refractivity contribution in [1.29, 1.82) is 0 Å². The molecule has 0 saturated heterocycles. The Morgan fingerprint density at radius 2 is 0.895 bits per heavy atom. The maximum Gasteiger partial charge on any atom is 0.306 e. The van der Waals surface area contributed by atoms with E-state index in [2.05, 4.69) is 62.5 Å². The van der Waals surface area contributed by atoms with Crippen LogP contribution in [0.2, 0.25) is 0 Å². The summed E-state index contributed by atoms with van der Waals surface area (Å²) in [5.41, 5.74) is 0. The molecular formula is C51H95NO5. The van der Waals surface area contributed by atoms with E-state index in [-0.39, 0.29) is 24.9 Å². The van der Waals surface area contributed by atoms with Gasteiger partial charge in [-0.25, -0.2) is 0 Å². The Labute approximate surface area is 353 Å². The molecule has 0 spiro atoms. The molecule has 3 N–H and O–H groups in total. The number of carbonyl (C=O) groups excluding carboxylic acids is 2. The summed E-state index contributed by atoms with van der Waals surface area (Å²) in [6, 6.07) is -0.700. The Hall–Kier alpha value is -1.92. The molecule has 1 amide bonds. The molecule has 0 bridgehead atoms. The van der Waals surface area contributed by atoms with E-state index in [9.17, 15) is 19.8 Å². The molecule has 6 heteroatoms. The van der Waals surface area contributed by atoms with Crippen molar-refractivity contribution in [1.82, 2.24) is 5.32 Å². The molecule has 57 heavy (non-hydrogen) atoms. The van der Waals surface area contributed by atoms with Crippen LogP contribution in [0, 0.1) is 0 Å². The lowest BCUT2D eigenvalue weighted by Gasteiger charge is -2.24. The number of carbonyl (C=O) groups is 2. The minimum atomic E-state index is -0.786. The number of aliphatic hydroxyl groups excluding tert-OH is 2. The van der Waals surface area contributed by atoms with Crippen LogP contribution < -0.4 is 5.32 Å². The van der Waals surface area contributed by atoms with Crippen LogP contribution in [-0.4, -0.2) is 46.9 Å². The Bertz CT molecular complexity index is 946. The molecule has 334 valence electrons. The topological polar surface area (TPSA) is 95.9 Å². The Kier molecular flexibility index (Phi) is 43.6. The van der Waals surface area contributed by atoms with Gasteiger partial charge in [0.2, 0.25) is 5.91 Å². The summed E-state index contributed by atoms with van der Waals surface area (Å²) in [6.07, 6.45) is 52.0. The first-order chi connectivity index (χ1) is 28.0. The van der Waals surface area contributed by atoms with Gasteiger partial charge in [-0.15, -0.1) is 0 Å². The van der Waals surface area contributed by atoms with Crippen LogP contribution in [0.1, 0.15) is 252 Å². The minimum Gasteiger partial charge on any atom is -0.462 e. The summed E-state index contributed by atoms with van der Waals surface area (Å²) in [4.78, 5) is 26.0. The molecule has 6 nitrogen and oxygen atoms in total. The summed E-state index contributed by atoms with van der Waals surface area (Å²) >= 11 is 0.